The Kier molecular flexibility index (Phi) is 4.57. The third kappa shape index (κ3) is 3.26. The van der Waals surface area contributed by atoms with Gasteiger partial charge >= 0.3 is 5.97 Å². The lowest BCUT2D eigenvalue weighted by molar-refractivity contribution is 0.0599. The first-order valence-electron chi connectivity index (χ1n) is 7.70. The molecule has 3 aromatic rings. The predicted octanol–water partition coefficient (Wildman–Crippen LogP) is 2.96. The fraction of sp³-hybridized carbons (Fsp3) is 0.158. The average Bonchev–Trinajstić information content (AvgIpc) is 3.02. The van der Waals surface area contributed by atoms with E-state index in [1.807, 2.05) is 35.8 Å². The molecule has 0 fully saturated rings. The molecule has 0 bridgehead atoms. The smallest absolute Gasteiger partial charge is 0.338 e. The summed E-state index contributed by atoms with van der Waals surface area (Å²) in [6.07, 6.45) is 0. The van der Waals surface area contributed by atoms with Gasteiger partial charge < -0.3 is 9.30 Å². The molecule has 0 saturated heterocycles. The quantitative estimate of drug-likeness (QED) is 0.686. The molecule has 0 aliphatic heterocycles. The summed E-state index contributed by atoms with van der Waals surface area (Å²) >= 11 is 0. The number of nitrogens with zero attached hydrogens (tertiary/aromatic N) is 4. The number of carbonyl (C=O) groups excluding carboxylic acids is 1. The molecule has 0 radical (unpaired) electrons. The Morgan fingerprint density at radius 2 is 2.00 bits per heavy atom. The number of hydrogen-bond acceptors (Lipinski definition) is 5. The van der Waals surface area contributed by atoms with Crippen LogP contribution in [0.5, 0.6) is 0 Å². The van der Waals surface area contributed by atoms with Crippen LogP contribution in [-0.2, 0) is 11.3 Å². The van der Waals surface area contributed by atoms with Gasteiger partial charge in [0.2, 0.25) is 0 Å². The first kappa shape index (κ1) is 16.4. The summed E-state index contributed by atoms with van der Waals surface area (Å²) in [6.45, 7) is 2.28. The van der Waals surface area contributed by atoms with Crippen LogP contribution >= 0.6 is 0 Å². The van der Waals surface area contributed by atoms with Crippen molar-refractivity contribution in [3.63, 3.8) is 0 Å². The lowest BCUT2D eigenvalue weighted by Gasteiger charge is -2.12. The molecule has 0 N–H and O–H groups in total. The standard InChI is InChI=1S/C19H16N4O2/c1-13-21-22-18(15-8-5-6-14(10-15)11-20)23(13)12-16-7-3-4-9-17(16)19(24)25-2/h3-10H,12H2,1-2H3. The largest absolute Gasteiger partial charge is 0.465 e. The minimum absolute atomic E-state index is 0.380. The molecule has 2 aromatic carbocycles. The van der Waals surface area contributed by atoms with Crippen molar-refractivity contribution in [3.8, 4) is 17.5 Å². The maximum Gasteiger partial charge on any atom is 0.338 e. The minimum Gasteiger partial charge on any atom is -0.465 e. The molecule has 6 heteroatoms. The van der Waals surface area contributed by atoms with Gasteiger partial charge in [0, 0.05) is 5.56 Å². The van der Waals surface area contributed by atoms with Gasteiger partial charge in [-0.25, -0.2) is 4.79 Å². The van der Waals surface area contributed by atoms with Gasteiger partial charge in [-0.1, -0.05) is 30.3 Å². The van der Waals surface area contributed by atoms with Crippen molar-refractivity contribution in [2.45, 2.75) is 13.5 Å². The van der Waals surface area contributed by atoms with Gasteiger partial charge in [0.05, 0.1) is 30.9 Å². The molecule has 25 heavy (non-hydrogen) atoms. The normalized spacial score (nSPS) is 10.3. The lowest BCUT2D eigenvalue weighted by atomic mass is 10.1. The summed E-state index contributed by atoms with van der Waals surface area (Å²) < 4.78 is 6.77. The molecule has 3 rings (SSSR count). The summed E-state index contributed by atoms with van der Waals surface area (Å²) in [4.78, 5) is 12.0. The van der Waals surface area contributed by atoms with Crippen molar-refractivity contribution in [2.24, 2.45) is 0 Å². The van der Waals surface area contributed by atoms with E-state index in [9.17, 15) is 4.79 Å². The molecular formula is C19H16N4O2. The van der Waals surface area contributed by atoms with Crippen LogP contribution in [0.25, 0.3) is 11.4 Å². The SMILES string of the molecule is COC(=O)c1ccccc1Cn1c(C)nnc1-c1cccc(C#N)c1. The van der Waals surface area contributed by atoms with Crippen LogP contribution in [-0.4, -0.2) is 27.8 Å². The van der Waals surface area contributed by atoms with Crippen molar-refractivity contribution in [1.29, 1.82) is 5.26 Å². The molecule has 0 saturated carbocycles. The van der Waals surface area contributed by atoms with Gasteiger partial charge in [-0.2, -0.15) is 5.26 Å². The van der Waals surface area contributed by atoms with E-state index in [0.717, 1.165) is 17.0 Å². The molecule has 0 aliphatic carbocycles. The van der Waals surface area contributed by atoms with Gasteiger partial charge in [0.15, 0.2) is 5.82 Å². The third-order valence-corrected chi connectivity index (χ3v) is 3.94. The Balaban J connectivity index is 2.04. The zero-order valence-electron chi connectivity index (χ0n) is 13.9. The highest BCUT2D eigenvalue weighted by Gasteiger charge is 2.16. The first-order valence-corrected chi connectivity index (χ1v) is 7.70. The minimum atomic E-state index is -0.380. The lowest BCUT2D eigenvalue weighted by Crippen LogP contribution is -2.11. The molecule has 0 spiro atoms. The molecule has 6 nitrogen and oxygen atoms in total. The Morgan fingerprint density at radius 3 is 2.76 bits per heavy atom. The maximum absolute atomic E-state index is 12.0. The predicted molar refractivity (Wildman–Crippen MR) is 91.8 cm³/mol. The van der Waals surface area contributed by atoms with E-state index in [2.05, 4.69) is 16.3 Å². The molecule has 124 valence electrons. The molecule has 1 heterocycles. The Hall–Kier alpha value is -3.46. The number of ether oxygens (including phenoxy) is 1. The van der Waals surface area contributed by atoms with Crippen molar-refractivity contribution < 1.29 is 9.53 Å². The van der Waals surface area contributed by atoms with Gasteiger partial charge in [0.1, 0.15) is 5.82 Å². The Bertz CT molecular complexity index is 970. The average molecular weight is 332 g/mol. The highest BCUT2D eigenvalue weighted by Crippen LogP contribution is 2.22. The van der Waals surface area contributed by atoms with Crippen LogP contribution < -0.4 is 0 Å². The summed E-state index contributed by atoms with van der Waals surface area (Å²) in [7, 11) is 1.36. The number of carbonyl (C=O) groups is 1. The van der Waals surface area contributed by atoms with Gasteiger partial charge in [-0.05, 0) is 30.7 Å². The van der Waals surface area contributed by atoms with E-state index < -0.39 is 0 Å². The zero-order chi connectivity index (χ0) is 17.8. The number of rotatable bonds is 4. The molecular weight excluding hydrogens is 316 g/mol. The first-order chi connectivity index (χ1) is 12.1. The summed E-state index contributed by atoms with van der Waals surface area (Å²) in [5.74, 6) is 0.987. The molecule has 0 aliphatic rings. The molecule has 0 atom stereocenters. The van der Waals surface area contributed by atoms with Crippen LogP contribution in [0.1, 0.15) is 27.3 Å². The number of esters is 1. The third-order valence-electron chi connectivity index (χ3n) is 3.94. The Morgan fingerprint density at radius 1 is 1.20 bits per heavy atom. The van der Waals surface area contributed by atoms with Gasteiger partial charge in [-0.3, -0.25) is 0 Å². The van der Waals surface area contributed by atoms with E-state index in [1.165, 1.54) is 7.11 Å². The molecule has 0 amide bonds. The number of hydrogen-bond donors (Lipinski definition) is 0. The highest BCUT2D eigenvalue weighted by molar-refractivity contribution is 5.91. The van der Waals surface area contributed by atoms with Crippen LogP contribution in [0.4, 0.5) is 0 Å². The van der Waals surface area contributed by atoms with Crippen LogP contribution in [0.2, 0.25) is 0 Å². The zero-order valence-corrected chi connectivity index (χ0v) is 13.9. The van der Waals surface area contributed by atoms with E-state index in [4.69, 9.17) is 10.00 Å². The van der Waals surface area contributed by atoms with Crippen LogP contribution in [0, 0.1) is 18.3 Å². The number of aromatic nitrogens is 3. The van der Waals surface area contributed by atoms with E-state index >= 15 is 0 Å². The van der Waals surface area contributed by atoms with E-state index in [0.29, 0.717) is 23.5 Å². The second-order valence-corrected chi connectivity index (χ2v) is 5.50. The van der Waals surface area contributed by atoms with E-state index in [-0.39, 0.29) is 5.97 Å². The monoisotopic (exact) mass is 332 g/mol. The molecule has 0 unspecified atom stereocenters. The number of benzene rings is 2. The highest BCUT2D eigenvalue weighted by atomic mass is 16.5. The topological polar surface area (TPSA) is 80.8 Å². The van der Waals surface area contributed by atoms with Crippen molar-refractivity contribution in [1.82, 2.24) is 14.8 Å². The molecule has 1 aromatic heterocycles. The number of nitriles is 1. The van der Waals surface area contributed by atoms with E-state index in [1.54, 1.807) is 24.3 Å². The summed E-state index contributed by atoms with van der Waals surface area (Å²) in [5.41, 5.74) is 2.68. The number of aryl methyl sites for hydroxylation is 1. The fourth-order valence-electron chi connectivity index (χ4n) is 2.65. The summed E-state index contributed by atoms with van der Waals surface area (Å²) in [5, 5.41) is 17.5. The van der Waals surface area contributed by atoms with Gasteiger partial charge in [-0.15, -0.1) is 10.2 Å². The fourth-order valence-corrected chi connectivity index (χ4v) is 2.65. The van der Waals surface area contributed by atoms with Crippen LogP contribution in [0.15, 0.2) is 48.5 Å². The second-order valence-electron chi connectivity index (χ2n) is 5.50. The van der Waals surface area contributed by atoms with Crippen LogP contribution in [0.3, 0.4) is 0 Å². The second kappa shape index (κ2) is 6.97. The van der Waals surface area contributed by atoms with Gasteiger partial charge in [0.25, 0.3) is 0 Å². The summed E-state index contributed by atoms with van der Waals surface area (Å²) in [6, 6.07) is 16.6. The van der Waals surface area contributed by atoms with Crippen molar-refractivity contribution in [3.05, 3.63) is 71.0 Å². The van der Waals surface area contributed by atoms with Crippen molar-refractivity contribution in [2.75, 3.05) is 7.11 Å². The number of methoxy groups -OCH3 is 1. The van der Waals surface area contributed by atoms with Crippen molar-refractivity contribution >= 4 is 5.97 Å². The maximum atomic E-state index is 12.0. The Labute approximate surface area is 145 Å².